The Balaban J connectivity index is 1.65. The second kappa shape index (κ2) is 11.2. The number of ether oxygens (including phenoxy) is 2. The number of nitrogens with one attached hydrogen (secondary N) is 2. The Bertz CT molecular complexity index is 1020. The van der Waals surface area contributed by atoms with Gasteiger partial charge in [-0.25, -0.2) is 9.59 Å². The molecule has 1 aliphatic rings. The molecule has 0 aliphatic heterocycles. The van der Waals surface area contributed by atoms with Crippen molar-refractivity contribution in [2.24, 2.45) is 0 Å². The first-order chi connectivity index (χ1) is 16.0. The number of methoxy groups -OCH3 is 1. The number of terminal acetylenes is 1. The molecule has 33 heavy (non-hydrogen) atoms. The lowest BCUT2D eigenvalue weighted by Crippen LogP contribution is -2.52. The zero-order valence-corrected chi connectivity index (χ0v) is 18.2. The normalized spacial score (nSPS) is 13.7. The van der Waals surface area contributed by atoms with E-state index in [0.717, 1.165) is 22.3 Å². The summed E-state index contributed by atoms with van der Waals surface area (Å²) in [6, 6.07) is 13.6. The van der Waals surface area contributed by atoms with E-state index in [1.165, 1.54) is 7.11 Å². The summed E-state index contributed by atoms with van der Waals surface area (Å²) in [4.78, 5) is 36.4. The molecule has 0 aromatic heterocycles. The average Bonchev–Trinajstić information content (AvgIpc) is 3.13. The maximum Gasteiger partial charge on any atom is 0.407 e. The van der Waals surface area contributed by atoms with Gasteiger partial charge < -0.3 is 25.2 Å². The van der Waals surface area contributed by atoms with Crippen molar-refractivity contribution in [2.45, 2.75) is 30.8 Å². The summed E-state index contributed by atoms with van der Waals surface area (Å²) < 4.78 is 10.5. The summed E-state index contributed by atoms with van der Waals surface area (Å²) >= 11 is 0. The third-order valence-corrected chi connectivity index (χ3v) is 5.50. The molecule has 2 unspecified atom stereocenters. The molecule has 1 aliphatic carbocycles. The van der Waals surface area contributed by atoms with Gasteiger partial charge in [-0.05, 0) is 22.3 Å². The minimum atomic E-state index is -1.26. The monoisotopic (exact) mass is 450 g/mol. The molecule has 0 spiro atoms. The van der Waals surface area contributed by atoms with Crippen LogP contribution in [0, 0.1) is 12.3 Å². The number of rotatable bonds is 10. The molecular weight excluding hydrogens is 424 g/mol. The first-order valence-corrected chi connectivity index (χ1v) is 10.5. The highest BCUT2D eigenvalue weighted by molar-refractivity contribution is 5.89. The van der Waals surface area contributed by atoms with Gasteiger partial charge in [-0.15, -0.1) is 12.3 Å². The number of aliphatic carboxylic acids is 1. The number of carboxylic acid groups (broad SMARTS) is 1. The number of amides is 2. The number of hydrogen-bond donors (Lipinski definition) is 3. The van der Waals surface area contributed by atoms with E-state index in [1.54, 1.807) is 0 Å². The zero-order chi connectivity index (χ0) is 23.8. The van der Waals surface area contributed by atoms with Crippen LogP contribution in [0.4, 0.5) is 4.79 Å². The molecule has 172 valence electrons. The van der Waals surface area contributed by atoms with Crippen LogP contribution in [0.2, 0.25) is 0 Å². The van der Waals surface area contributed by atoms with Gasteiger partial charge in [0, 0.05) is 32.5 Å². The third-order valence-electron chi connectivity index (χ3n) is 5.50. The average molecular weight is 450 g/mol. The van der Waals surface area contributed by atoms with Crippen LogP contribution in [0.25, 0.3) is 11.1 Å². The highest BCUT2D eigenvalue weighted by atomic mass is 16.5. The fourth-order valence-electron chi connectivity index (χ4n) is 3.88. The SMILES string of the molecule is C#CCC(NC(=O)C(CCOC)NC(=O)OCC1c2ccccc2-c2ccccc21)C(=O)O. The predicted molar refractivity (Wildman–Crippen MR) is 122 cm³/mol. The lowest BCUT2D eigenvalue weighted by molar-refractivity contribution is -0.142. The van der Waals surface area contributed by atoms with Crippen LogP contribution in [-0.2, 0) is 19.1 Å². The van der Waals surface area contributed by atoms with Gasteiger partial charge in [0.05, 0.1) is 0 Å². The molecule has 0 saturated heterocycles. The summed E-state index contributed by atoms with van der Waals surface area (Å²) in [5.41, 5.74) is 4.35. The number of fused-ring (bicyclic) bond motifs is 3. The van der Waals surface area contributed by atoms with Gasteiger partial charge in [-0.2, -0.15) is 0 Å². The summed E-state index contributed by atoms with van der Waals surface area (Å²) in [7, 11) is 1.46. The largest absolute Gasteiger partial charge is 0.480 e. The van der Waals surface area contributed by atoms with E-state index in [-0.39, 0.29) is 32.0 Å². The van der Waals surface area contributed by atoms with Crippen molar-refractivity contribution < 1.29 is 29.0 Å². The molecule has 3 N–H and O–H groups in total. The van der Waals surface area contributed by atoms with E-state index in [9.17, 15) is 19.5 Å². The van der Waals surface area contributed by atoms with E-state index < -0.39 is 30.1 Å². The Morgan fingerprint density at radius 2 is 1.64 bits per heavy atom. The molecule has 0 fully saturated rings. The molecule has 0 heterocycles. The Labute approximate surface area is 192 Å². The van der Waals surface area contributed by atoms with E-state index in [0.29, 0.717) is 0 Å². The van der Waals surface area contributed by atoms with Gasteiger partial charge >= 0.3 is 12.1 Å². The van der Waals surface area contributed by atoms with Crippen molar-refractivity contribution in [1.82, 2.24) is 10.6 Å². The van der Waals surface area contributed by atoms with Gasteiger partial charge in [0.1, 0.15) is 18.7 Å². The zero-order valence-electron chi connectivity index (χ0n) is 18.2. The van der Waals surface area contributed by atoms with Crippen LogP contribution >= 0.6 is 0 Å². The third kappa shape index (κ3) is 5.70. The quantitative estimate of drug-likeness (QED) is 0.480. The Kier molecular flexibility index (Phi) is 8.06. The van der Waals surface area contributed by atoms with E-state index in [1.807, 2.05) is 48.5 Å². The van der Waals surface area contributed by atoms with Crippen LogP contribution < -0.4 is 10.6 Å². The highest BCUT2D eigenvalue weighted by Crippen LogP contribution is 2.44. The minimum absolute atomic E-state index is 0.0906. The summed E-state index contributed by atoms with van der Waals surface area (Å²) in [6.45, 7) is 0.266. The lowest BCUT2D eigenvalue weighted by atomic mass is 9.98. The Morgan fingerprint density at radius 3 is 2.18 bits per heavy atom. The van der Waals surface area contributed by atoms with Crippen molar-refractivity contribution in [3.8, 4) is 23.5 Å². The number of alkyl carbamates (subject to hydrolysis) is 1. The van der Waals surface area contributed by atoms with Crippen molar-refractivity contribution in [2.75, 3.05) is 20.3 Å². The molecule has 2 atom stereocenters. The van der Waals surface area contributed by atoms with Gasteiger partial charge in [0.15, 0.2) is 0 Å². The molecule has 2 aromatic rings. The molecule has 2 amide bonds. The summed E-state index contributed by atoms with van der Waals surface area (Å²) in [5, 5.41) is 14.1. The summed E-state index contributed by atoms with van der Waals surface area (Å²) in [5.74, 6) is 0.155. The van der Waals surface area contributed by atoms with Gasteiger partial charge in [-0.3, -0.25) is 4.79 Å². The molecule has 0 bridgehead atoms. The van der Waals surface area contributed by atoms with Crippen molar-refractivity contribution in [3.63, 3.8) is 0 Å². The van der Waals surface area contributed by atoms with Crippen LogP contribution in [0.5, 0.6) is 0 Å². The van der Waals surface area contributed by atoms with E-state index >= 15 is 0 Å². The maximum atomic E-state index is 12.6. The van der Waals surface area contributed by atoms with Crippen LogP contribution in [0.1, 0.15) is 29.9 Å². The van der Waals surface area contributed by atoms with E-state index in [4.69, 9.17) is 15.9 Å². The van der Waals surface area contributed by atoms with E-state index in [2.05, 4.69) is 16.6 Å². The van der Waals surface area contributed by atoms with Gasteiger partial charge in [-0.1, -0.05) is 48.5 Å². The fraction of sp³-hybridized carbons (Fsp3) is 0.320. The maximum absolute atomic E-state index is 12.6. The van der Waals surface area contributed by atoms with Crippen LogP contribution in [-0.4, -0.2) is 55.5 Å². The van der Waals surface area contributed by atoms with Crippen LogP contribution in [0.3, 0.4) is 0 Å². The molecule has 2 aromatic carbocycles. The van der Waals surface area contributed by atoms with Gasteiger partial charge in [0.2, 0.25) is 5.91 Å². The number of carbonyl (C=O) groups excluding carboxylic acids is 2. The van der Waals surface area contributed by atoms with Crippen molar-refractivity contribution in [1.29, 1.82) is 0 Å². The lowest BCUT2D eigenvalue weighted by Gasteiger charge is -2.21. The Hall–Kier alpha value is -3.83. The van der Waals surface area contributed by atoms with Crippen molar-refractivity contribution in [3.05, 3.63) is 59.7 Å². The molecular formula is C25H26N2O6. The number of hydrogen-bond acceptors (Lipinski definition) is 5. The number of carboxylic acids is 1. The standard InChI is InChI=1S/C25H26N2O6/c1-3-8-22(24(29)30)26-23(28)21(13-14-32-2)27-25(31)33-15-20-18-11-6-4-9-16(18)17-10-5-7-12-19(17)20/h1,4-7,9-12,20-22H,8,13-15H2,2H3,(H,26,28)(H,27,31)(H,29,30). The predicted octanol–water partition coefficient (Wildman–Crippen LogP) is 2.52. The highest BCUT2D eigenvalue weighted by Gasteiger charge is 2.30. The Morgan fingerprint density at radius 1 is 1.03 bits per heavy atom. The van der Waals surface area contributed by atoms with Crippen molar-refractivity contribution >= 4 is 18.0 Å². The molecule has 0 radical (unpaired) electrons. The second-order valence-corrected chi connectivity index (χ2v) is 7.61. The minimum Gasteiger partial charge on any atom is -0.480 e. The first kappa shape index (κ1) is 23.8. The molecule has 3 rings (SSSR count). The van der Waals surface area contributed by atoms with Crippen LogP contribution in [0.15, 0.2) is 48.5 Å². The molecule has 8 nitrogen and oxygen atoms in total. The number of benzene rings is 2. The number of carbonyl (C=O) groups is 3. The fourth-order valence-corrected chi connectivity index (χ4v) is 3.88. The smallest absolute Gasteiger partial charge is 0.407 e. The van der Waals surface area contributed by atoms with Gasteiger partial charge in [0.25, 0.3) is 0 Å². The second-order valence-electron chi connectivity index (χ2n) is 7.61. The molecule has 8 heteroatoms. The first-order valence-electron chi connectivity index (χ1n) is 10.5. The summed E-state index contributed by atoms with van der Waals surface area (Å²) in [6.07, 6.45) is 4.35. The molecule has 0 saturated carbocycles. The topological polar surface area (TPSA) is 114 Å².